The number of benzene rings is 2. The van der Waals surface area contributed by atoms with Gasteiger partial charge in [0.1, 0.15) is 34.5 Å². The number of pyridine rings is 2. The highest BCUT2D eigenvalue weighted by molar-refractivity contribution is 5.81. The third kappa shape index (κ3) is 7.58. The molecule has 0 radical (unpaired) electrons. The van der Waals surface area contributed by atoms with Crippen LogP contribution in [0.2, 0.25) is 0 Å². The number of carbonyl (C=O) groups excluding carboxylic acids is 1. The minimum absolute atomic E-state index is 0.0329. The first kappa shape index (κ1) is 36.2. The number of nitrogens with zero attached hydrogens (tertiary/aromatic N) is 2. The normalized spacial score (nSPS) is 27.2. The van der Waals surface area contributed by atoms with Gasteiger partial charge in [-0.2, -0.15) is 0 Å². The lowest BCUT2D eigenvalue weighted by atomic mass is 9.69. The van der Waals surface area contributed by atoms with E-state index in [2.05, 4.69) is 15.3 Å². The number of aliphatic hydroxyl groups excluding tert-OH is 3. The van der Waals surface area contributed by atoms with Gasteiger partial charge in [-0.15, -0.1) is 0 Å². The summed E-state index contributed by atoms with van der Waals surface area (Å²) in [5, 5.41) is 58.1. The molecule has 11 nitrogen and oxygen atoms in total. The molecular formula is C38H45N3O8. The Morgan fingerprint density at radius 2 is 1.57 bits per heavy atom. The molecule has 7 unspecified atom stereocenters. The summed E-state index contributed by atoms with van der Waals surface area (Å²) in [5.74, 6) is -0.184. The number of anilines is 1. The lowest BCUT2D eigenvalue weighted by molar-refractivity contribution is -0.387. The van der Waals surface area contributed by atoms with Crippen LogP contribution in [0.4, 0.5) is 5.82 Å². The van der Waals surface area contributed by atoms with E-state index in [1.807, 2.05) is 91.0 Å². The van der Waals surface area contributed by atoms with Crippen LogP contribution in [-0.4, -0.2) is 83.7 Å². The molecule has 3 heterocycles. The molecule has 0 amide bonds. The Morgan fingerprint density at radius 3 is 2.22 bits per heavy atom. The standard InChI is InChI=1S/C38H45N3O8/c1-36(24-42)38(3,47)37(2,46)34(45)35(49-36)48-22-19-27(43)23-26-15-7-8-16-28(26)32(41-30-18-10-12-21-40-30)31(29-17-9-11-20-39-29)33(44)25-13-5-4-6-14-25/h4-18,20-21,31-35,42,44-47H,19,22-24H2,1-3H3,(H,40,41)/t31?,32?,33?,34?,35-,36?,37?,38?/m1/s1. The zero-order valence-electron chi connectivity index (χ0n) is 27.9. The maximum Gasteiger partial charge on any atom is 0.187 e. The number of Topliss-reactive ketones (excluding diaryl/α,β-unsaturated/α-hetero) is 1. The maximum absolute atomic E-state index is 13.5. The van der Waals surface area contributed by atoms with Gasteiger partial charge in [-0.1, -0.05) is 66.7 Å². The van der Waals surface area contributed by atoms with Crippen molar-refractivity contribution in [2.45, 2.75) is 80.9 Å². The zero-order chi connectivity index (χ0) is 35.2. The summed E-state index contributed by atoms with van der Waals surface area (Å²) in [7, 11) is 0. The molecule has 1 aliphatic rings. The van der Waals surface area contributed by atoms with Crippen LogP contribution in [0.1, 0.15) is 67.6 Å². The molecule has 4 aromatic rings. The molecular weight excluding hydrogens is 626 g/mol. The molecule has 1 fully saturated rings. The third-order valence-corrected chi connectivity index (χ3v) is 9.81. The molecule has 2 aromatic heterocycles. The Hall–Kier alpha value is -4.07. The maximum atomic E-state index is 13.5. The van der Waals surface area contributed by atoms with Crippen molar-refractivity contribution in [2.24, 2.45) is 0 Å². The fourth-order valence-electron chi connectivity index (χ4n) is 6.34. The van der Waals surface area contributed by atoms with Crippen molar-refractivity contribution in [1.82, 2.24) is 9.97 Å². The first-order valence-corrected chi connectivity index (χ1v) is 16.3. The molecule has 2 aromatic carbocycles. The quantitative estimate of drug-likeness (QED) is 0.116. The summed E-state index contributed by atoms with van der Waals surface area (Å²) in [6, 6.07) is 27.4. The Kier molecular flexibility index (Phi) is 11.3. The van der Waals surface area contributed by atoms with Gasteiger partial charge in [0.2, 0.25) is 0 Å². The van der Waals surface area contributed by atoms with Crippen LogP contribution in [0.15, 0.2) is 103 Å². The SMILES string of the molecule is CC1(CO)O[C@@H](OCCC(=O)Cc2ccccc2C(Nc2ccccn2)C(c2ccccn2)C(O)c2ccccc2)C(O)C(C)(O)C1(C)O. The number of hydrogen-bond acceptors (Lipinski definition) is 11. The van der Waals surface area contributed by atoms with Crippen LogP contribution in [0.3, 0.4) is 0 Å². The fraction of sp³-hybridized carbons (Fsp3) is 0.395. The first-order chi connectivity index (χ1) is 23.4. The van der Waals surface area contributed by atoms with Gasteiger partial charge >= 0.3 is 0 Å². The van der Waals surface area contributed by atoms with E-state index in [1.54, 1.807) is 12.4 Å². The van der Waals surface area contributed by atoms with Gasteiger partial charge in [0.05, 0.1) is 31.3 Å². The monoisotopic (exact) mass is 671 g/mol. The van der Waals surface area contributed by atoms with Gasteiger partial charge in [0, 0.05) is 30.9 Å². The predicted octanol–water partition coefficient (Wildman–Crippen LogP) is 3.64. The molecule has 6 N–H and O–H groups in total. The van der Waals surface area contributed by atoms with E-state index in [-0.39, 0.29) is 25.2 Å². The Balaban J connectivity index is 1.40. The molecule has 11 heteroatoms. The van der Waals surface area contributed by atoms with E-state index in [9.17, 15) is 30.3 Å². The number of nitrogens with one attached hydrogen (secondary N) is 1. The van der Waals surface area contributed by atoms with E-state index < -0.39 is 53.9 Å². The van der Waals surface area contributed by atoms with Crippen molar-refractivity contribution in [3.8, 4) is 0 Å². The Labute approximate surface area is 286 Å². The molecule has 260 valence electrons. The van der Waals surface area contributed by atoms with E-state index in [0.717, 1.165) is 11.1 Å². The highest BCUT2D eigenvalue weighted by Crippen LogP contribution is 2.45. The molecule has 0 aliphatic carbocycles. The van der Waals surface area contributed by atoms with Crippen LogP contribution >= 0.6 is 0 Å². The summed E-state index contributed by atoms with van der Waals surface area (Å²) < 4.78 is 11.5. The van der Waals surface area contributed by atoms with Crippen molar-refractivity contribution < 1.29 is 39.8 Å². The van der Waals surface area contributed by atoms with Crippen LogP contribution in [0.5, 0.6) is 0 Å². The number of ether oxygens (including phenoxy) is 2. The minimum Gasteiger partial charge on any atom is -0.393 e. The summed E-state index contributed by atoms with van der Waals surface area (Å²) in [5.41, 5.74) is -2.87. The van der Waals surface area contributed by atoms with Crippen molar-refractivity contribution in [2.75, 3.05) is 18.5 Å². The van der Waals surface area contributed by atoms with Crippen LogP contribution < -0.4 is 5.32 Å². The first-order valence-electron chi connectivity index (χ1n) is 16.3. The third-order valence-electron chi connectivity index (χ3n) is 9.81. The van der Waals surface area contributed by atoms with Gasteiger partial charge in [-0.25, -0.2) is 4.98 Å². The Bertz CT molecular complexity index is 1650. The number of aromatic nitrogens is 2. The summed E-state index contributed by atoms with van der Waals surface area (Å²) in [6.07, 6.45) is -0.693. The van der Waals surface area contributed by atoms with Gasteiger partial charge in [-0.3, -0.25) is 9.78 Å². The topological polar surface area (TPSA) is 174 Å². The molecule has 5 rings (SSSR count). The lowest BCUT2D eigenvalue weighted by Crippen LogP contribution is -2.77. The molecule has 0 saturated carbocycles. The highest BCUT2D eigenvalue weighted by atomic mass is 16.7. The molecule has 1 saturated heterocycles. The van der Waals surface area contributed by atoms with E-state index >= 15 is 0 Å². The van der Waals surface area contributed by atoms with Crippen LogP contribution in [0, 0.1) is 0 Å². The van der Waals surface area contributed by atoms with Crippen molar-refractivity contribution >= 4 is 11.6 Å². The predicted molar refractivity (Wildman–Crippen MR) is 182 cm³/mol. The Morgan fingerprint density at radius 1 is 0.918 bits per heavy atom. The second kappa shape index (κ2) is 15.2. The largest absolute Gasteiger partial charge is 0.393 e. The number of rotatable bonds is 14. The van der Waals surface area contributed by atoms with Crippen LogP contribution in [-0.2, 0) is 20.7 Å². The van der Waals surface area contributed by atoms with Crippen molar-refractivity contribution in [3.05, 3.63) is 126 Å². The van der Waals surface area contributed by atoms with Gasteiger partial charge in [-0.05, 0) is 61.7 Å². The van der Waals surface area contributed by atoms with Gasteiger partial charge in [0.15, 0.2) is 6.29 Å². The molecule has 0 bridgehead atoms. The zero-order valence-corrected chi connectivity index (χ0v) is 27.9. The molecule has 0 spiro atoms. The van der Waals surface area contributed by atoms with E-state index in [1.165, 1.54) is 20.8 Å². The molecule has 1 aliphatic heterocycles. The number of aliphatic hydroxyl groups is 5. The number of carbonyl (C=O) groups is 1. The summed E-state index contributed by atoms with van der Waals surface area (Å²) >= 11 is 0. The minimum atomic E-state index is -2.08. The lowest BCUT2D eigenvalue weighted by Gasteiger charge is -2.57. The van der Waals surface area contributed by atoms with E-state index in [0.29, 0.717) is 17.1 Å². The molecule has 8 atom stereocenters. The summed E-state index contributed by atoms with van der Waals surface area (Å²) in [4.78, 5) is 22.6. The molecule has 49 heavy (non-hydrogen) atoms. The fourth-order valence-corrected chi connectivity index (χ4v) is 6.34. The van der Waals surface area contributed by atoms with Gasteiger partial charge < -0.3 is 40.3 Å². The second-order valence-electron chi connectivity index (χ2n) is 13.0. The number of hydrogen-bond donors (Lipinski definition) is 6. The van der Waals surface area contributed by atoms with Crippen molar-refractivity contribution in [1.29, 1.82) is 0 Å². The van der Waals surface area contributed by atoms with Crippen LogP contribution in [0.25, 0.3) is 0 Å². The average molecular weight is 672 g/mol. The number of ketones is 1. The highest BCUT2D eigenvalue weighted by Gasteiger charge is 2.65. The van der Waals surface area contributed by atoms with Gasteiger partial charge in [0.25, 0.3) is 0 Å². The average Bonchev–Trinajstić information content (AvgIpc) is 3.11. The summed E-state index contributed by atoms with van der Waals surface area (Å²) in [6.45, 7) is 3.13. The van der Waals surface area contributed by atoms with E-state index in [4.69, 9.17) is 9.47 Å². The second-order valence-corrected chi connectivity index (χ2v) is 13.0. The van der Waals surface area contributed by atoms with Crippen molar-refractivity contribution in [3.63, 3.8) is 0 Å². The smallest absolute Gasteiger partial charge is 0.187 e.